The van der Waals surface area contributed by atoms with Crippen molar-refractivity contribution in [3.05, 3.63) is 41.1 Å². The lowest BCUT2D eigenvalue weighted by Gasteiger charge is -2.03. The summed E-state index contributed by atoms with van der Waals surface area (Å²) in [6, 6.07) is 9.12. The highest BCUT2D eigenvalue weighted by atomic mass is 16.4. The average Bonchev–Trinajstić information content (AvgIpc) is 2.39. The number of carboxylic acids is 1. The number of nitriles is 3. The molecule has 0 unspecified atom stereocenters. The van der Waals surface area contributed by atoms with Crippen molar-refractivity contribution in [2.45, 2.75) is 0 Å². The van der Waals surface area contributed by atoms with Gasteiger partial charge in [-0.25, -0.2) is 4.79 Å². The molecule has 0 atom stereocenters. The van der Waals surface area contributed by atoms with Crippen LogP contribution in [0.3, 0.4) is 0 Å². The Kier molecular flexibility index (Phi) is 4.04. The first-order valence-corrected chi connectivity index (χ1v) is 4.66. The van der Waals surface area contributed by atoms with E-state index in [1.807, 2.05) is 0 Å². The number of hydrogen-bond acceptors (Lipinski definition) is 5. The van der Waals surface area contributed by atoms with Crippen molar-refractivity contribution in [3.8, 4) is 18.2 Å². The molecule has 1 rings (SSSR count). The minimum absolute atomic E-state index is 0.00337. The molecule has 0 bridgehead atoms. The zero-order chi connectivity index (χ0) is 13.5. The average molecular weight is 238 g/mol. The fraction of sp³-hybridized carbons (Fsp3) is 0. The van der Waals surface area contributed by atoms with Crippen molar-refractivity contribution in [2.24, 2.45) is 0 Å². The number of hydrogen-bond donors (Lipinski definition) is 2. The monoisotopic (exact) mass is 238 g/mol. The third-order valence-corrected chi connectivity index (χ3v) is 1.99. The van der Waals surface area contributed by atoms with Crippen LogP contribution in [0.1, 0.15) is 15.9 Å². The first-order valence-electron chi connectivity index (χ1n) is 4.66. The van der Waals surface area contributed by atoms with Crippen molar-refractivity contribution >= 4 is 11.7 Å². The summed E-state index contributed by atoms with van der Waals surface area (Å²) in [4.78, 5) is 10.8. The van der Waals surface area contributed by atoms with Gasteiger partial charge in [-0.1, -0.05) is 0 Å². The minimum atomic E-state index is -1.19. The van der Waals surface area contributed by atoms with Crippen LogP contribution in [-0.2, 0) is 0 Å². The van der Waals surface area contributed by atoms with Gasteiger partial charge < -0.3 is 10.4 Å². The van der Waals surface area contributed by atoms with E-state index in [-0.39, 0.29) is 16.7 Å². The van der Waals surface area contributed by atoms with E-state index < -0.39 is 5.97 Å². The zero-order valence-electron chi connectivity index (χ0n) is 9.01. The number of nitrogens with one attached hydrogen (secondary N) is 1. The quantitative estimate of drug-likeness (QED) is 0.771. The lowest BCUT2D eigenvalue weighted by atomic mass is 10.1. The second kappa shape index (κ2) is 5.69. The number of carbonyl (C=O) groups is 1. The molecule has 18 heavy (non-hydrogen) atoms. The van der Waals surface area contributed by atoms with Crippen LogP contribution in [-0.4, -0.2) is 11.1 Å². The molecule has 0 aromatic heterocycles. The van der Waals surface area contributed by atoms with Crippen LogP contribution in [0.15, 0.2) is 30.0 Å². The molecule has 0 heterocycles. The maximum absolute atomic E-state index is 10.8. The molecule has 0 amide bonds. The van der Waals surface area contributed by atoms with Crippen LogP contribution in [0.5, 0.6) is 0 Å². The summed E-state index contributed by atoms with van der Waals surface area (Å²) >= 11 is 0. The first kappa shape index (κ1) is 12.8. The van der Waals surface area contributed by atoms with Crippen LogP contribution in [0, 0.1) is 34.0 Å². The predicted molar refractivity (Wildman–Crippen MR) is 61.0 cm³/mol. The molecule has 0 radical (unpaired) electrons. The fourth-order valence-corrected chi connectivity index (χ4v) is 1.16. The molecular weight excluding hydrogens is 232 g/mol. The smallest absolute Gasteiger partial charge is 0.337 e. The molecule has 6 heteroatoms. The number of allylic oxidation sites excluding steroid dienone is 1. The summed E-state index contributed by atoms with van der Waals surface area (Å²) in [6.07, 6.45) is 1.18. The molecule has 1 aromatic carbocycles. The van der Waals surface area contributed by atoms with Crippen LogP contribution in [0.2, 0.25) is 0 Å². The largest absolute Gasteiger partial charge is 0.478 e. The van der Waals surface area contributed by atoms with Gasteiger partial charge in [-0.2, -0.15) is 15.8 Å². The van der Waals surface area contributed by atoms with Crippen LogP contribution < -0.4 is 5.32 Å². The summed E-state index contributed by atoms with van der Waals surface area (Å²) in [5.41, 5.74) is 0.180. The lowest BCUT2D eigenvalue weighted by Crippen LogP contribution is -2.01. The normalized spacial score (nSPS) is 8.28. The molecule has 6 nitrogen and oxygen atoms in total. The maximum Gasteiger partial charge on any atom is 0.337 e. The van der Waals surface area contributed by atoms with E-state index in [1.54, 1.807) is 18.2 Å². The van der Waals surface area contributed by atoms with E-state index in [1.165, 1.54) is 24.4 Å². The molecule has 0 spiro atoms. The SMILES string of the molecule is N#CC(C#N)=CNc1ccc(C(=O)O)c(C#N)c1. The van der Waals surface area contributed by atoms with Gasteiger partial charge in [0.15, 0.2) is 0 Å². The fourth-order valence-electron chi connectivity index (χ4n) is 1.16. The standard InChI is InChI=1S/C12H6N4O2/c13-4-8(5-14)7-16-10-1-2-11(12(17)18)9(3-10)6-15/h1-3,7,16H,(H,17,18). The van der Waals surface area contributed by atoms with Crippen molar-refractivity contribution in [3.63, 3.8) is 0 Å². The van der Waals surface area contributed by atoms with E-state index >= 15 is 0 Å². The Hall–Kier alpha value is -3.30. The highest BCUT2D eigenvalue weighted by molar-refractivity contribution is 5.91. The number of nitrogens with zero attached hydrogens (tertiary/aromatic N) is 3. The highest BCUT2D eigenvalue weighted by Crippen LogP contribution is 2.15. The Morgan fingerprint density at radius 1 is 1.28 bits per heavy atom. The summed E-state index contributed by atoms with van der Waals surface area (Å²) < 4.78 is 0. The second-order valence-corrected chi connectivity index (χ2v) is 3.10. The number of anilines is 1. The molecule has 0 aliphatic rings. The molecule has 2 N–H and O–H groups in total. The summed E-state index contributed by atoms with van der Waals surface area (Å²) in [7, 11) is 0. The van der Waals surface area contributed by atoms with E-state index in [2.05, 4.69) is 5.32 Å². The van der Waals surface area contributed by atoms with Gasteiger partial charge in [0, 0.05) is 11.9 Å². The topological polar surface area (TPSA) is 121 Å². The van der Waals surface area contributed by atoms with Crippen molar-refractivity contribution in [2.75, 3.05) is 5.32 Å². The summed E-state index contributed by atoms with van der Waals surface area (Å²) in [6.45, 7) is 0. The van der Waals surface area contributed by atoms with Gasteiger partial charge in [0.2, 0.25) is 0 Å². The van der Waals surface area contributed by atoms with Crippen molar-refractivity contribution in [1.29, 1.82) is 15.8 Å². The third kappa shape index (κ3) is 2.85. The van der Waals surface area contributed by atoms with Gasteiger partial charge in [-0.05, 0) is 18.2 Å². The molecule has 0 aliphatic heterocycles. The van der Waals surface area contributed by atoms with E-state index in [0.717, 1.165) is 0 Å². The summed E-state index contributed by atoms with van der Waals surface area (Å²) in [5.74, 6) is -1.19. The number of benzene rings is 1. The Morgan fingerprint density at radius 3 is 2.44 bits per heavy atom. The van der Waals surface area contributed by atoms with Crippen LogP contribution >= 0.6 is 0 Å². The van der Waals surface area contributed by atoms with Crippen molar-refractivity contribution < 1.29 is 9.90 Å². The van der Waals surface area contributed by atoms with Gasteiger partial charge in [-0.3, -0.25) is 0 Å². The van der Waals surface area contributed by atoms with Gasteiger partial charge in [0.05, 0.1) is 11.1 Å². The molecule has 1 aromatic rings. The molecule has 0 saturated heterocycles. The first-order chi connectivity index (χ1) is 8.62. The lowest BCUT2D eigenvalue weighted by molar-refractivity contribution is 0.0696. The Morgan fingerprint density at radius 2 is 1.94 bits per heavy atom. The Labute approximate surface area is 103 Å². The second-order valence-electron chi connectivity index (χ2n) is 3.10. The van der Waals surface area contributed by atoms with Crippen LogP contribution in [0.25, 0.3) is 0 Å². The van der Waals surface area contributed by atoms with Gasteiger partial charge in [0.1, 0.15) is 23.8 Å². The maximum atomic E-state index is 10.8. The predicted octanol–water partition coefficient (Wildman–Crippen LogP) is 1.60. The Balaban J connectivity index is 3.06. The molecule has 86 valence electrons. The van der Waals surface area contributed by atoms with Crippen LogP contribution in [0.4, 0.5) is 5.69 Å². The van der Waals surface area contributed by atoms with E-state index in [9.17, 15) is 4.79 Å². The molecule has 0 fully saturated rings. The van der Waals surface area contributed by atoms with E-state index in [4.69, 9.17) is 20.9 Å². The molecular formula is C12H6N4O2. The third-order valence-electron chi connectivity index (χ3n) is 1.99. The zero-order valence-corrected chi connectivity index (χ0v) is 9.01. The van der Waals surface area contributed by atoms with Gasteiger partial charge >= 0.3 is 5.97 Å². The van der Waals surface area contributed by atoms with Gasteiger partial charge in [-0.15, -0.1) is 0 Å². The van der Waals surface area contributed by atoms with Crippen molar-refractivity contribution in [1.82, 2.24) is 0 Å². The highest BCUT2D eigenvalue weighted by Gasteiger charge is 2.09. The molecule has 0 saturated carbocycles. The number of carboxylic acid groups (broad SMARTS) is 1. The summed E-state index contributed by atoms with van der Waals surface area (Å²) in [5, 5.41) is 37.3. The molecule has 0 aliphatic carbocycles. The minimum Gasteiger partial charge on any atom is -0.478 e. The number of aromatic carboxylic acids is 1. The Bertz CT molecular complexity index is 626. The van der Waals surface area contributed by atoms with Gasteiger partial charge in [0.25, 0.3) is 0 Å². The van der Waals surface area contributed by atoms with E-state index in [0.29, 0.717) is 5.69 Å². The number of rotatable bonds is 3.